The Morgan fingerprint density at radius 2 is 2.00 bits per heavy atom. The lowest BCUT2D eigenvalue weighted by atomic mass is 9.96. The van der Waals surface area contributed by atoms with E-state index < -0.39 is 0 Å². The van der Waals surface area contributed by atoms with Gasteiger partial charge in [0.1, 0.15) is 11.9 Å². The van der Waals surface area contributed by atoms with Gasteiger partial charge in [0.05, 0.1) is 4.88 Å². The van der Waals surface area contributed by atoms with E-state index in [2.05, 4.69) is 35.3 Å². The Labute approximate surface area is 149 Å². The van der Waals surface area contributed by atoms with Gasteiger partial charge in [-0.3, -0.25) is 9.78 Å². The monoisotopic (exact) mass is 353 g/mol. The number of rotatable bonds is 4. The van der Waals surface area contributed by atoms with Crippen molar-refractivity contribution in [2.75, 3.05) is 0 Å². The summed E-state index contributed by atoms with van der Waals surface area (Å²) >= 11 is 1.06. The van der Waals surface area contributed by atoms with Crippen molar-refractivity contribution in [2.45, 2.75) is 31.8 Å². The van der Waals surface area contributed by atoms with E-state index in [0.717, 1.165) is 41.9 Å². The van der Waals surface area contributed by atoms with Crippen LogP contribution in [0, 0.1) is 0 Å². The van der Waals surface area contributed by atoms with Crippen LogP contribution in [0.25, 0.3) is 0 Å². The maximum Gasteiger partial charge on any atom is 0.307 e. The van der Waals surface area contributed by atoms with Crippen molar-refractivity contribution < 1.29 is 9.84 Å². The van der Waals surface area contributed by atoms with Crippen LogP contribution >= 0.6 is 11.3 Å². The summed E-state index contributed by atoms with van der Waals surface area (Å²) in [6.07, 6.45) is 3.66. The van der Waals surface area contributed by atoms with Gasteiger partial charge in [0.15, 0.2) is 0 Å². The van der Waals surface area contributed by atoms with E-state index in [-0.39, 0.29) is 16.9 Å². The molecule has 0 saturated carbocycles. The first kappa shape index (κ1) is 16.0. The number of H-pyrrole nitrogens is 1. The molecule has 0 bridgehead atoms. The Morgan fingerprint density at radius 3 is 2.76 bits per heavy atom. The number of hydrogen-bond donors (Lipinski definition) is 2. The molecule has 0 saturated heterocycles. The predicted octanol–water partition coefficient (Wildman–Crippen LogP) is 3.67. The fraction of sp³-hybridized carbons (Fsp3) is 0.250. The van der Waals surface area contributed by atoms with Crippen molar-refractivity contribution in [3.8, 4) is 11.6 Å². The van der Waals surface area contributed by atoms with E-state index in [1.165, 1.54) is 11.1 Å². The first-order valence-electron chi connectivity index (χ1n) is 8.41. The van der Waals surface area contributed by atoms with Gasteiger partial charge in [-0.15, -0.1) is 0 Å². The van der Waals surface area contributed by atoms with Gasteiger partial charge in [-0.1, -0.05) is 53.8 Å². The molecule has 0 fully saturated rings. The number of hydrogen-bond acceptors (Lipinski definition) is 4. The number of aromatic nitrogens is 1. The first-order chi connectivity index (χ1) is 12.2. The Hall–Kier alpha value is -2.53. The quantitative estimate of drug-likeness (QED) is 0.752. The molecule has 2 aromatic carbocycles. The van der Waals surface area contributed by atoms with Gasteiger partial charge in [0, 0.05) is 12.8 Å². The lowest BCUT2D eigenvalue weighted by Gasteiger charge is -2.26. The van der Waals surface area contributed by atoms with Gasteiger partial charge in [0.2, 0.25) is 5.88 Å². The van der Waals surface area contributed by atoms with Gasteiger partial charge in [0.25, 0.3) is 0 Å². The second-order valence-electron chi connectivity index (χ2n) is 6.37. The van der Waals surface area contributed by atoms with Crippen molar-refractivity contribution in [2.24, 2.45) is 0 Å². The number of nitrogens with one attached hydrogen (secondary N) is 1. The molecular formula is C20H19NO3S. The van der Waals surface area contributed by atoms with E-state index in [4.69, 9.17) is 4.74 Å². The van der Waals surface area contributed by atoms with Crippen LogP contribution in [0.1, 0.15) is 28.0 Å². The normalized spacial score (nSPS) is 16.2. The highest BCUT2D eigenvalue weighted by molar-refractivity contribution is 7.09. The zero-order valence-electron chi connectivity index (χ0n) is 13.7. The third-order valence-electron chi connectivity index (χ3n) is 4.53. The van der Waals surface area contributed by atoms with Crippen LogP contribution in [-0.2, 0) is 19.3 Å². The van der Waals surface area contributed by atoms with E-state index >= 15 is 0 Å². The molecule has 5 heteroatoms. The molecule has 1 aromatic heterocycles. The molecule has 128 valence electrons. The number of ether oxygens (including phenoxy) is 1. The molecule has 3 aromatic rings. The maximum absolute atomic E-state index is 11.3. The van der Waals surface area contributed by atoms with E-state index in [1.54, 1.807) is 0 Å². The molecular weight excluding hydrogens is 334 g/mol. The lowest BCUT2D eigenvalue weighted by molar-refractivity contribution is 0.174. The molecule has 1 atom stereocenters. The third-order valence-corrected chi connectivity index (χ3v) is 5.40. The fourth-order valence-electron chi connectivity index (χ4n) is 3.29. The highest BCUT2D eigenvalue weighted by Gasteiger charge is 2.20. The number of aromatic hydroxyl groups is 1. The van der Waals surface area contributed by atoms with E-state index in [9.17, 15) is 9.90 Å². The number of aromatic amines is 1. The summed E-state index contributed by atoms with van der Waals surface area (Å²) in [5.74, 6) is 0.925. The van der Waals surface area contributed by atoms with Crippen molar-refractivity contribution >= 4 is 11.3 Å². The first-order valence-corrected chi connectivity index (χ1v) is 9.22. The molecule has 4 nitrogen and oxygen atoms in total. The molecule has 0 aliphatic carbocycles. The average molecular weight is 353 g/mol. The highest BCUT2D eigenvalue weighted by Crippen LogP contribution is 2.31. The Morgan fingerprint density at radius 1 is 1.16 bits per heavy atom. The van der Waals surface area contributed by atoms with Gasteiger partial charge in [-0.25, -0.2) is 0 Å². The van der Waals surface area contributed by atoms with E-state index in [1.807, 2.05) is 18.2 Å². The van der Waals surface area contributed by atoms with Crippen LogP contribution < -0.4 is 9.61 Å². The minimum Gasteiger partial charge on any atom is -0.494 e. The van der Waals surface area contributed by atoms with Gasteiger partial charge in [-0.2, -0.15) is 0 Å². The smallest absolute Gasteiger partial charge is 0.307 e. The fourth-order valence-corrected chi connectivity index (χ4v) is 4.04. The Bertz CT molecular complexity index is 930. The lowest BCUT2D eigenvalue weighted by Crippen LogP contribution is -2.25. The van der Waals surface area contributed by atoms with Crippen LogP contribution in [0.15, 0.2) is 53.3 Å². The van der Waals surface area contributed by atoms with Crippen molar-refractivity contribution in [3.05, 3.63) is 79.8 Å². The van der Waals surface area contributed by atoms with Crippen LogP contribution in [0.4, 0.5) is 0 Å². The van der Waals surface area contributed by atoms with E-state index in [0.29, 0.717) is 11.3 Å². The molecule has 2 heterocycles. The summed E-state index contributed by atoms with van der Waals surface area (Å²) in [5, 5.41) is 9.74. The zero-order valence-corrected chi connectivity index (χ0v) is 14.5. The molecule has 0 unspecified atom stereocenters. The average Bonchev–Trinajstić information content (AvgIpc) is 2.93. The Kier molecular flexibility index (Phi) is 4.32. The number of aryl methyl sites for hydroxylation is 1. The molecule has 25 heavy (non-hydrogen) atoms. The SMILES string of the molecule is O=c1[nH]c(O)c(Cc2ccc3c(c2)CC[C@H](Cc2ccccc2)O3)s1. The number of fused-ring (bicyclic) bond motifs is 1. The summed E-state index contributed by atoms with van der Waals surface area (Å²) in [6.45, 7) is 0. The topological polar surface area (TPSA) is 62.3 Å². The maximum atomic E-state index is 11.3. The van der Waals surface area contributed by atoms with Crippen molar-refractivity contribution in [1.29, 1.82) is 0 Å². The second-order valence-corrected chi connectivity index (χ2v) is 7.44. The molecule has 0 radical (unpaired) electrons. The van der Waals surface area contributed by atoms with Gasteiger partial charge >= 0.3 is 4.87 Å². The third kappa shape index (κ3) is 3.61. The van der Waals surface area contributed by atoms with Crippen LogP contribution in [-0.4, -0.2) is 16.2 Å². The highest BCUT2D eigenvalue weighted by atomic mass is 32.1. The minimum atomic E-state index is -0.224. The van der Waals surface area contributed by atoms with Crippen molar-refractivity contribution in [1.82, 2.24) is 4.98 Å². The van der Waals surface area contributed by atoms with Crippen LogP contribution in [0.5, 0.6) is 11.6 Å². The minimum absolute atomic E-state index is 0.0214. The largest absolute Gasteiger partial charge is 0.494 e. The standard InChI is InChI=1S/C20H19NO3S/c22-19-18(25-20(23)21-19)12-14-6-9-17-15(10-14)7-8-16(24-17)11-13-4-2-1-3-5-13/h1-6,9-10,16,22H,7-8,11-12H2,(H,21,23)/t16-/m1/s1. The molecule has 1 aliphatic heterocycles. The number of thiazole rings is 1. The summed E-state index contributed by atoms with van der Waals surface area (Å²) in [7, 11) is 0. The molecule has 0 spiro atoms. The summed E-state index contributed by atoms with van der Waals surface area (Å²) in [5.41, 5.74) is 3.57. The van der Waals surface area contributed by atoms with Gasteiger partial charge in [-0.05, 0) is 35.6 Å². The number of benzene rings is 2. The predicted molar refractivity (Wildman–Crippen MR) is 98.7 cm³/mol. The second kappa shape index (κ2) is 6.76. The van der Waals surface area contributed by atoms with Crippen molar-refractivity contribution in [3.63, 3.8) is 0 Å². The van der Waals surface area contributed by atoms with Crippen LogP contribution in [0.3, 0.4) is 0 Å². The summed E-state index contributed by atoms with van der Waals surface area (Å²) in [4.78, 5) is 14.2. The molecule has 4 rings (SSSR count). The van der Waals surface area contributed by atoms with Gasteiger partial charge < -0.3 is 9.84 Å². The summed E-state index contributed by atoms with van der Waals surface area (Å²) < 4.78 is 6.17. The Balaban J connectivity index is 1.47. The molecule has 2 N–H and O–H groups in total. The molecule has 1 aliphatic rings. The molecule has 0 amide bonds. The van der Waals surface area contributed by atoms with Crippen LogP contribution in [0.2, 0.25) is 0 Å². The zero-order chi connectivity index (χ0) is 17.2. The summed E-state index contributed by atoms with van der Waals surface area (Å²) in [6, 6.07) is 16.6.